The van der Waals surface area contributed by atoms with Gasteiger partial charge in [-0.2, -0.15) is 8.42 Å². The van der Waals surface area contributed by atoms with Crippen LogP contribution in [-0.2, 0) is 14.9 Å². The summed E-state index contributed by atoms with van der Waals surface area (Å²) in [6, 6.07) is 12.9. The molecule has 1 amide bonds. The number of anilines is 1. The maximum atomic E-state index is 13.0. The molecule has 0 radical (unpaired) electrons. The lowest BCUT2D eigenvalue weighted by atomic mass is 9.87. The molecule has 10 nitrogen and oxygen atoms in total. The van der Waals surface area contributed by atoms with E-state index in [0.29, 0.717) is 29.6 Å². The highest BCUT2D eigenvalue weighted by atomic mass is 32.2. The molecule has 2 aromatic carbocycles. The van der Waals surface area contributed by atoms with E-state index in [2.05, 4.69) is 35.1 Å². The van der Waals surface area contributed by atoms with Crippen LogP contribution in [0.15, 0.2) is 62.2 Å². The minimum absolute atomic E-state index is 0.146. The molecule has 0 saturated heterocycles. The van der Waals surface area contributed by atoms with E-state index >= 15 is 0 Å². The largest absolute Gasteiger partial charge is 0.436 e. The van der Waals surface area contributed by atoms with Crippen LogP contribution in [0.2, 0.25) is 0 Å². The van der Waals surface area contributed by atoms with Crippen LogP contribution in [0.4, 0.5) is 5.69 Å². The summed E-state index contributed by atoms with van der Waals surface area (Å²) in [4.78, 5) is 31.9. The molecule has 11 heteroatoms. The average molecular weight is 566 g/mol. The molecular weight excluding hydrogens is 534 g/mol. The molecule has 0 bridgehead atoms. The molecule has 3 heterocycles. The van der Waals surface area contributed by atoms with Gasteiger partial charge in [0, 0.05) is 42.2 Å². The Labute approximate surface area is 231 Å². The summed E-state index contributed by atoms with van der Waals surface area (Å²) < 4.78 is 42.0. The predicted octanol–water partition coefficient (Wildman–Crippen LogP) is 4.78. The second kappa shape index (κ2) is 10.5. The van der Waals surface area contributed by atoms with Gasteiger partial charge in [-0.15, -0.1) is 0 Å². The fraction of sp³-hybridized carbons (Fsp3) is 0.345. The maximum absolute atomic E-state index is 13.0. The second-order valence-electron chi connectivity index (χ2n) is 10.6. The SMILES string of the molecule is CC1=CC(C)(C)N(CCCC(=O)NCCCS(=O)(=O)O)c2cc3oc(=O)c(-c4nc5ccccc5o4)cc3cc21. The molecule has 5 rings (SSSR count). The Bertz CT molecular complexity index is 1770. The zero-order valence-electron chi connectivity index (χ0n) is 22.6. The van der Waals surface area contributed by atoms with Gasteiger partial charge in [0.2, 0.25) is 11.8 Å². The molecule has 2 N–H and O–H groups in total. The van der Waals surface area contributed by atoms with E-state index in [0.717, 1.165) is 22.2 Å². The van der Waals surface area contributed by atoms with Crippen molar-refractivity contribution < 1.29 is 26.6 Å². The van der Waals surface area contributed by atoms with Crippen molar-refractivity contribution in [2.75, 3.05) is 23.7 Å². The average Bonchev–Trinajstić information content (AvgIpc) is 3.30. The molecule has 0 atom stereocenters. The molecule has 2 aromatic heterocycles. The molecule has 0 saturated carbocycles. The summed E-state index contributed by atoms with van der Waals surface area (Å²) in [5, 5.41) is 3.43. The fourth-order valence-electron chi connectivity index (χ4n) is 5.20. The zero-order valence-corrected chi connectivity index (χ0v) is 23.4. The number of benzene rings is 2. The second-order valence-corrected chi connectivity index (χ2v) is 12.1. The Balaban J connectivity index is 1.38. The zero-order chi connectivity index (χ0) is 28.7. The molecule has 210 valence electrons. The van der Waals surface area contributed by atoms with Crippen LogP contribution in [0.3, 0.4) is 0 Å². The van der Waals surface area contributed by atoms with Crippen LogP contribution >= 0.6 is 0 Å². The Morgan fingerprint density at radius 1 is 1.07 bits per heavy atom. The maximum Gasteiger partial charge on any atom is 0.349 e. The summed E-state index contributed by atoms with van der Waals surface area (Å²) >= 11 is 0. The first-order chi connectivity index (χ1) is 18.9. The lowest BCUT2D eigenvalue weighted by Gasteiger charge is -2.43. The van der Waals surface area contributed by atoms with Gasteiger partial charge < -0.3 is 19.1 Å². The van der Waals surface area contributed by atoms with Crippen molar-refractivity contribution in [3.8, 4) is 11.5 Å². The summed E-state index contributed by atoms with van der Waals surface area (Å²) in [5.74, 6) is -0.368. The van der Waals surface area contributed by atoms with E-state index in [4.69, 9.17) is 13.4 Å². The van der Waals surface area contributed by atoms with Gasteiger partial charge >= 0.3 is 5.63 Å². The Morgan fingerprint density at radius 2 is 1.82 bits per heavy atom. The smallest absolute Gasteiger partial charge is 0.349 e. The third-order valence-electron chi connectivity index (χ3n) is 7.04. The number of oxazole rings is 1. The van der Waals surface area contributed by atoms with Gasteiger partial charge in [0.15, 0.2) is 5.58 Å². The van der Waals surface area contributed by atoms with Gasteiger partial charge in [-0.3, -0.25) is 9.35 Å². The van der Waals surface area contributed by atoms with E-state index in [9.17, 15) is 18.0 Å². The Morgan fingerprint density at radius 3 is 2.58 bits per heavy atom. The fourth-order valence-corrected chi connectivity index (χ4v) is 5.71. The van der Waals surface area contributed by atoms with Gasteiger partial charge in [0.1, 0.15) is 16.7 Å². The first kappa shape index (κ1) is 27.6. The van der Waals surface area contributed by atoms with E-state index in [-0.39, 0.29) is 42.3 Å². The number of aromatic nitrogens is 1. The van der Waals surface area contributed by atoms with Crippen LogP contribution < -0.4 is 15.8 Å². The van der Waals surface area contributed by atoms with E-state index in [1.165, 1.54) is 0 Å². The van der Waals surface area contributed by atoms with Crippen molar-refractivity contribution >= 4 is 49.4 Å². The van der Waals surface area contributed by atoms with Crippen molar-refractivity contribution in [2.24, 2.45) is 0 Å². The van der Waals surface area contributed by atoms with Crippen LogP contribution in [-0.4, -0.2) is 48.2 Å². The van der Waals surface area contributed by atoms with E-state index in [1.807, 2.05) is 37.3 Å². The standard InChI is InChI=1S/C29H31N3O7S/c1-18-17-29(2,3)32(12-6-10-26(33)30-11-7-13-40(35,36)37)23-16-25-19(14-20(18)23)15-21(28(34)39-25)27-31-22-8-4-5-9-24(22)38-27/h4-5,8-9,14-17H,6-7,10-13H2,1-3H3,(H,30,33)(H,35,36,37). The van der Waals surface area contributed by atoms with E-state index in [1.54, 1.807) is 12.1 Å². The van der Waals surface area contributed by atoms with Crippen LogP contribution in [0.5, 0.6) is 0 Å². The van der Waals surface area contributed by atoms with Crippen molar-refractivity contribution in [3.63, 3.8) is 0 Å². The van der Waals surface area contributed by atoms with E-state index < -0.39 is 21.5 Å². The summed E-state index contributed by atoms with van der Waals surface area (Å²) in [6.45, 7) is 6.97. The number of fused-ring (bicyclic) bond motifs is 3. The number of carbonyl (C=O) groups excluding carboxylic acids is 1. The van der Waals surface area contributed by atoms with Gasteiger partial charge in [0.25, 0.3) is 10.1 Å². The molecule has 0 unspecified atom stereocenters. The van der Waals surface area contributed by atoms with Crippen molar-refractivity contribution in [1.29, 1.82) is 0 Å². The number of nitrogens with one attached hydrogen (secondary N) is 1. The number of nitrogens with zero attached hydrogens (tertiary/aromatic N) is 2. The molecule has 0 spiro atoms. The van der Waals surface area contributed by atoms with Crippen molar-refractivity contribution in [1.82, 2.24) is 10.3 Å². The number of carbonyl (C=O) groups is 1. The van der Waals surface area contributed by atoms with Gasteiger partial charge in [0.05, 0.1) is 11.3 Å². The first-order valence-electron chi connectivity index (χ1n) is 13.1. The number of hydrogen-bond acceptors (Lipinski definition) is 8. The molecule has 0 fully saturated rings. The van der Waals surface area contributed by atoms with Crippen molar-refractivity contribution in [2.45, 2.75) is 45.6 Å². The van der Waals surface area contributed by atoms with Crippen LogP contribution in [0, 0.1) is 0 Å². The Hall–Kier alpha value is -3.96. The lowest BCUT2D eigenvalue weighted by molar-refractivity contribution is -0.121. The number of hydrogen-bond donors (Lipinski definition) is 2. The summed E-state index contributed by atoms with van der Waals surface area (Å²) in [7, 11) is -4.04. The normalized spacial score (nSPS) is 14.8. The number of para-hydroxylation sites is 2. The number of amides is 1. The van der Waals surface area contributed by atoms with Gasteiger partial charge in [-0.1, -0.05) is 18.2 Å². The topological polar surface area (TPSA) is 143 Å². The highest BCUT2D eigenvalue weighted by Gasteiger charge is 2.32. The Kier molecular flexibility index (Phi) is 7.28. The van der Waals surface area contributed by atoms with Gasteiger partial charge in [-0.25, -0.2) is 9.78 Å². The molecular formula is C29H31N3O7S. The minimum Gasteiger partial charge on any atom is -0.436 e. The van der Waals surface area contributed by atoms with Crippen molar-refractivity contribution in [3.05, 3.63) is 64.5 Å². The highest BCUT2D eigenvalue weighted by Crippen LogP contribution is 2.41. The molecule has 40 heavy (non-hydrogen) atoms. The third-order valence-corrected chi connectivity index (χ3v) is 7.85. The number of rotatable bonds is 9. The number of allylic oxidation sites excluding steroid dienone is 1. The third kappa shape index (κ3) is 5.80. The monoisotopic (exact) mass is 565 g/mol. The molecule has 0 aliphatic carbocycles. The summed E-state index contributed by atoms with van der Waals surface area (Å²) in [5.41, 5.74) is 4.04. The van der Waals surface area contributed by atoms with Crippen LogP contribution in [0.1, 0.15) is 45.6 Å². The molecule has 1 aliphatic rings. The highest BCUT2D eigenvalue weighted by molar-refractivity contribution is 7.85. The first-order valence-corrected chi connectivity index (χ1v) is 14.7. The molecule has 1 aliphatic heterocycles. The summed E-state index contributed by atoms with van der Waals surface area (Å²) in [6.07, 6.45) is 3.14. The minimum atomic E-state index is -4.04. The quantitative estimate of drug-likeness (QED) is 0.166. The lowest BCUT2D eigenvalue weighted by Crippen LogP contribution is -2.45. The van der Waals surface area contributed by atoms with Crippen LogP contribution in [0.25, 0.3) is 39.1 Å². The van der Waals surface area contributed by atoms with Gasteiger partial charge in [-0.05, 0) is 63.5 Å². The predicted molar refractivity (Wildman–Crippen MR) is 154 cm³/mol. The molecule has 4 aromatic rings.